The molecule has 1 aromatic heterocycles. The van der Waals surface area contributed by atoms with Crippen molar-refractivity contribution in [2.24, 2.45) is 0 Å². The second-order valence-corrected chi connectivity index (χ2v) is 3.64. The highest BCUT2D eigenvalue weighted by atomic mass is 16.4. The summed E-state index contributed by atoms with van der Waals surface area (Å²) in [5.41, 5.74) is 0.252. The number of pyridine rings is 1. The lowest BCUT2D eigenvalue weighted by Gasteiger charge is -2.09. The van der Waals surface area contributed by atoms with Gasteiger partial charge in [-0.15, -0.1) is 0 Å². The van der Waals surface area contributed by atoms with Crippen LogP contribution < -0.4 is 10.6 Å². The highest BCUT2D eigenvalue weighted by Gasteiger charge is 2.11. The van der Waals surface area contributed by atoms with Crippen LogP contribution in [0, 0.1) is 0 Å². The number of nitrogens with zero attached hydrogens (tertiary/aromatic N) is 1. The number of para-hydroxylation sites is 1. The first-order valence-corrected chi connectivity index (χ1v) is 5.48. The van der Waals surface area contributed by atoms with Crippen molar-refractivity contribution in [1.29, 1.82) is 0 Å². The first-order chi connectivity index (χ1) is 9.16. The second kappa shape index (κ2) is 5.63. The standard InChI is InChI=1S/C13H11N3O3/c17-12(18)9-5-1-2-6-10(9)15-13(19)16-11-7-3-4-8-14-11/h1-8H,(H,17,18)(H2,14,15,16,19). The predicted octanol–water partition coefficient (Wildman–Crippen LogP) is 2.42. The van der Waals surface area contributed by atoms with E-state index in [9.17, 15) is 9.59 Å². The largest absolute Gasteiger partial charge is 0.478 e. The van der Waals surface area contributed by atoms with E-state index in [1.807, 2.05) is 0 Å². The van der Waals surface area contributed by atoms with Crippen LogP contribution in [0.2, 0.25) is 0 Å². The maximum absolute atomic E-state index is 11.7. The van der Waals surface area contributed by atoms with Crippen molar-refractivity contribution in [3.8, 4) is 0 Å². The van der Waals surface area contributed by atoms with Gasteiger partial charge in [0.1, 0.15) is 5.82 Å². The summed E-state index contributed by atoms with van der Waals surface area (Å²) in [6.07, 6.45) is 1.54. The molecule has 6 heteroatoms. The quantitative estimate of drug-likeness (QED) is 0.787. The van der Waals surface area contributed by atoms with Crippen LogP contribution in [0.15, 0.2) is 48.7 Å². The minimum atomic E-state index is -1.10. The number of aromatic carboxylic acids is 1. The predicted molar refractivity (Wildman–Crippen MR) is 70.3 cm³/mol. The fraction of sp³-hybridized carbons (Fsp3) is 0. The molecule has 0 fully saturated rings. The van der Waals surface area contributed by atoms with Crippen LogP contribution in [0.25, 0.3) is 0 Å². The molecular weight excluding hydrogens is 246 g/mol. The van der Waals surface area contributed by atoms with Crippen molar-refractivity contribution in [2.75, 3.05) is 10.6 Å². The number of urea groups is 1. The third kappa shape index (κ3) is 3.29. The molecule has 2 rings (SSSR count). The molecule has 0 aliphatic heterocycles. The van der Waals surface area contributed by atoms with Crippen LogP contribution in [0.5, 0.6) is 0 Å². The molecule has 0 unspecified atom stereocenters. The number of benzene rings is 1. The molecule has 2 amide bonds. The second-order valence-electron chi connectivity index (χ2n) is 3.64. The Morgan fingerprint density at radius 1 is 1.00 bits per heavy atom. The van der Waals surface area contributed by atoms with Gasteiger partial charge in [0.15, 0.2) is 0 Å². The van der Waals surface area contributed by atoms with E-state index in [-0.39, 0.29) is 11.3 Å². The summed E-state index contributed by atoms with van der Waals surface area (Å²) in [5.74, 6) is -0.721. The lowest BCUT2D eigenvalue weighted by Crippen LogP contribution is -2.21. The van der Waals surface area contributed by atoms with Crippen LogP contribution in [0.4, 0.5) is 16.3 Å². The number of hydrogen-bond donors (Lipinski definition) is 3. The summed E-state index contributed by atoms with van der Waals surface area (Å²) in [6.45, 7) is 0. The molecule has 1 aromatic carbocycles. The van der Waals surface area contributed by atoms with Crippen molar-refractivity contribution in [3.05, 3.63) is 54.2 Å². The van der Waals surface area contributed by atoms with E-state index in [0.717, 1.165) is 0 Å². The van der Waals surface area contributed by atoms with E-state index in [4.69, 9.17) is 5.11 Å². The molecule has 0 aliphatic rings. The molecule has 0 bridgehead atoms. The van der Waals surface area contributed by atoms with E-state index < -0.39 is 12.0 Å². The summed E-state index contributed by atoms with van der Waals surface area (Å²) in [5, 5.41) is 14.0. The van der Waals surface area contributed by atoms with Gasteiger partial charge < -0.3 is 10.4 Å². The zero-order valence-corrected chi connectivity index (χ0v) is 9.83. The van der Waals surface area contributed by atoms with E-state index >= 15 is 0 Å². The van der Waals surface area contributed by atoms with Gasteiger partial charge in [0, 0.05) is 6.20 Å². The molecule has 6 nitrogen and oxygen atoms in total. The van der Waals surface area contributed by atoms with Crippen LogP contribution in [-0.4, -0.2) is 22.1 Å². The van der Waals surface area contributed by atoms with Crippen molar-refractivity contribution in [3.63, 3.8) is 0 Å². The lowest BCUT2D eigenvalue weighted by molar-refractivity contribution is 0.0698. The number of aromatic nitrogens is 1. The number of anilines is 2. The van der Waals surface area contributed by atoms with Crippen LogP contribution in [0.3, 0.4) is 0 Å². The van der Waals surface area contributed by atoms with Gasteiger partial charge >= 0.3 is 12.0 Å². The lowest BCUT2D eigenvalue weighted by atomic mass is 10.2. The normalized spacial score (nSPS) is 9.68. The molecule has 0 saturated heterocycles. The average molecular weight is 257 g/mol. The smallest absolute Gasteiger partial charge is 0.337 e. The maximum atomic E-state index is 11.7. The molecule has 96 valence electrons. The maximum Gasteiger partial charge on any atom is 0.337 e. The number of hydrogen-bond acceptors (Lipinski definition) is 3. The summed E-state index contributed by atoms with van der Waals surface area (Å²) in [4.78, 5) is 26.6. The summed E-state index contributed by atoms with van der Waals surface area (Å²) in [6, 6.07) is 10.7. The fourth-order valence-electron chi connectivity index (χ4n) is 1.49. The Balaban J connectivity index is 2.09. The van der Waals surface area contributed by atoms with Gasteiger partial charge in [0.25, 0.3) is 0 Å². The summed E-state index contributed by atoms with van der Waals surface area (Å²) in [7, 11) is 0. The molecule has 0 saturated carbocycles. The van der Waals surface area contributed by atoms with E-state index in [0.29, 0.717) is 5.82 Å². The Bertz CT molecular complexity index is 599. The Morgan fingerprint density at radius 2 is 1.74 bits per heavy atom. The number of carbonyl (C=O) groups is 2. The molecular formula is C13H11N3O3. The minimum absolute atomic E-state index is 0.0265. The number of carboxylic acids is 1. The Morgan fingerprint density at radius 3 is 2.42 bits per heavy atom. The minimum Gasteiger partial charge on any atom is -0.478 e. The summed E-state index contributed by atoms with van der Waals surface area (Å²) >= 11 is 0. The molecule has 19 heavy (non-hydrogen) atoms. The van der Waals surface area contributed by atoms with Gasteiger partial charge in [-0.1, -0.05) is 18.2 Å². The number of carboxylic acid groups (broad SMARTS) is 1. The Kier molecular flexibility index (Phi) is 3.72. The van der Waals surface area contributed by atoms with Crippen LogP contribution >= 0.6 is 0 Å². The topological polar surface area (TPSA) is 91.3 Å². The first kappa shape index (κ1) is 12.6. The number of carbonyl (C=O) groups excluding carboxylic acids is 1. The Hall–Kier alpha value is -2.89. The highest BCUT2D eigenvalue weighted by Crippen LogP contribution is 2.15. The first-order valence-electron chi connectivity index (χ1n) is 5.48. The van der Waals surface area contributed by atoms with Crippen LogP contribution in [0.1, 0.15) is 10.4 Å². The third-order valence-corrected chi connectivity index (χ3v) is 2.31. The number of rotatable bonds is 3. The molecule has 3 N–H and O–H groups in total. The molecule has 0 radical (unpaired) electrons. The molecule has 0 spiro atoms. The zero-order chi connectivity index (χ0) is 13.7. The molecule has 2 aromatic rings. The zero-order valence-electron chi connectivity index (χ0n) is 9.83. The van der Waals surface area contributed by atoms with Crippen molar-refractivity contribution >= 4 is 23.5 Å². The Labute approximate surface area is 109 Å². The van der Waals surface area contributed by atoms with Gasteiger partial charge in [-0.2, -0.15) is 0 Å². The molecule has 0 aliphatic carbocycles. The third-order valence-electron chi connectivity index (χ3n) is 2.31. The van der Waals surface area contributed by atoms with Crippen molar-refractivity contribution in [1.82, 2.24) is 4.98 Å². The van der Waals surface area contributed by atoms with Gasteiger partial charge in [-0.05, 0) is 24.3 Å². The fourth-order valence-corrected chi connectivity index (χ4v) is 1.49. The average Bonchev–Trinajstić information content (AvgIpc) is 2.40. The van der Waals surface area contributed by atoms with E-state index in [2.05, 4.69) is 15.6 Å². The van der Waals surface area contributed by atoms with Gasteiger partial charge in [0.05, 0.1) is 11.3 Å². The van der Waals surface area contributed by atoms with Crippen molar-refractivity contribution < 1.29 is 14.7 Å². The van der Waals surface area contributed by atoms with E-state index in [1.54, 1.807) is 36.5 Å². The SMILES string of the molecule is O=C(Nc1ccccn1)Nc1ccccc1C(=O)O. The van der Waals surface area contributed by atoms with Gasteiger partial charge in [-0.25, -0.2) is 14.6 Å². The van der Waals surface area contributed by atoms with Gasteiger partial charge in [-0.3, -0.25) is 5.32 Å². The summed E-state index contributed by atoms with van der Waals surface area (Å²) < 4.78 is 0. The van der Waals surface area contributed by atoms with Crippen molar-refractivity contribution in [2.45, 2.75) is 0 Å². The molecule has 1 heterocycles. The highest BCUT2D eigenvalue weighted by molar-refractivity contribution is 6.04. The number of nitrogens with one attached hydrogen (secondary N) is 2. The number of amides is 2. The van der Waals surface area contributed by atoms with E-state index in [1.165, 1.54) is 12.1 Å². The van der Waals surface area contributed by atoms with Gasteiger partial charge in [0.2, 0.25) is 0 Å². The monoisotopic (exact) mass is 257 g/mol. The van der Waals surface area contributed by atoms with Crippen LogP contribution in [-0.2, 0) is 0 Å². The molecule has 0 atom stereocenters.